The highest BCUT2D eigenvalue weighted by atomic mass is 19.1. The van der Waals surface area contributed by atoms with Gasteiger partial charge in [0.25, 0.3) is 0 Å². The fraction of sp³-hybridized carbons (Fsp3) is 0.632. The predicted octanol–water partition coefficient (Wildman–Crippen LogP) is 2.87. The van der Waals surface area contributed by atoms with Crippen molar-refractivity contribution in [1.82, 2.24) is 10.2 Å². The first-order valence-corrected chi connectivity index (χ1v) is 8.92. The summed E-state index contributed by atoms with van der Waals surface area (Å²) in [5.41, 5.74) is 0.619. The summed E-state index contributed by atoms with van der Waals surface area (Å²) in [5, 5.41) is 3.08. The first kappa shape index (κ1) is 17.4. The molecule has 0 aromatic heterocycles. The molecule has 1 aliphatic carbocycles. The molecule has 1 saturated heterocycles. The molecule has 24 heavy (non-hydrogen) atoms. The molecular formula is C19H27FN2O2. The van der Waals surface area contributed by atoms with Crippen molar-refractivity contribution in [2.24, 2.45) is 0 Å². The average Bonchev–Trinajstić information content (AvgIpc) is 2.92. The van der Waals surface area contributed by atoms with E-state index in [1.165, 1.54) is 25.3 Å². The van der Waals surface area contributed by atoms with Crippen LogP contribution in [0.5, 0.6) is 0 Å². The quantitative estimate of drug-likeness (QED) is 0.900. The Bertz CT molecular complexity index is 572. The van der Waals surface area contributed by atoms with Crippen LogP contribution in [-0.4, -0.2) is 42.6 Å². The smallest absolute Gasteiger partial charge is 0.234 e. The highest BCUT2D eigenvalue weighted by Crippen LogP contribution is 2.39. The number of likely N-dealkylation sites (N-methyl/N-ethyl adjacent to an activating group) is 1. The minimum Gasteiger partial charge on any atom is -0.373 e. The molecule has 1 spiro atoms. The van der Waals surface area contributed by atoms with Gasteiger partial charge in [-0.15, -0.1) is 0 Å². The van der Waals surface area contributed by atoms with Crippen molar-refractivity contribution < 1.29 is 13.9 Å². The van der Waals surface area contributed by atoms with Crippen LogP contribution in [0, 0.1) is 5.82 Å². The minimum atomic E-state index is -0.229. The lowest BCUT2D eigenvalue weighted by Crippen LogP contribution is -2.42. The summed E-state index contributed by atoms with van der Waals surface area (Å²) in [4.78, 5) is 14.1. The maximum Gasteiger partial charge on any atom is 0.234 e. The van der Waals surface area contributed by atoms with Gasteiger partial charge < -0.3 is 10.1 Å². The molecule has 0 radical (unpaired) electrons. The number of hydrogen-bond acceptors (Lipinski definition) is 3. The fourth-order valence-electron chi connectivity index (χ4n) is 3.97. The van der Waals surface area contributed by atoms with E-state index in [2.05, 4.69) is 5.32 Å². The van der Waals surface area contributed by atoms with E-state index in [1.807, 2.05) is 18.0 Å². The van der Waals surface area contributed by atoms with Crippen LogP contribution in [0.15, 0.2) is 24.3 Å². The minimum absolute atomic E-state index is 0.00919. The Labute approximate surface area is 143 Å². The van der Waals surface area contributed by atoms with E-state index < -0.39 is 0 Å². The van der Waals surface area contributed by atoms with Gasteiger partial charge in [0, 0.05) is 12.1 Å². The maximum absolute atomic E-state index is 13.7. The van der Waals surface area contributed by atoms with Crippen LogP contribution in [0.1, 0.15) is 44.1 Å². The Morgan fingerprint density at radius 1 is 1.33 bits per heavy atom. The topological polar surface area (TPSA) is 41.6 Å². The zero-order valence-corrected chi connectivity index (χ0v) is 14.4. The Balaban J connectivity index is 1.45. The summed E-state index contributed by atoms with van der Waals surface area (Å²) in [6, 6.07) is 6.79. The Morgan fingerprint density at radius 2 is 2.08 bits per heavy atom. The van der Waals surface area contributed by atoms with E-state index in [-0.39, 0.29) is 29.9 Å². The number of carbonyl (C=O) groups is 1. The zero-order chi connectivity index (χ0) is 17.0. The second-order valence-corrected chi connectivity index (χ2v) is 7.29. The lowest BCUT2D eigenvalue weighted by atomic mass is 9.82. The molecule has 1 aromatic rings. The van der Waals surface area contributed by atoms with E-state index in [1.54, 1.807) is 12.1 Å². The van der Waals surface area contributed by atoms with Crippen LogP contribution < -0.4 is 5.32 Å². The maximum atomic E-state index is 13.7. The van der Waals surface area contributed by atoms with Crippen LogP contribution in [0.25, 0.3) is 0 Å². The van der Waals surface area contributed by atoms with Crippen molar-refractivity contribution in [3.63, 3.8) is 0 Å². The van der Waals surface area contributed by atoms with Gasteiger partial charge in [0.15, 0.2) is 0 Å². The second-order valence-electron chi connectivity index (χ2n) is 7.29. The molecule has 0 bridgehead atoms. The molecule has 1 unspecified atom stereocenters. The van der Waals surface area contributed by atoms with Crippen molar-refractivity contribution in [2.45, 2.75) is 56.7 Å². The Kier molecular flexibility index (Phi) is 5.51. The molecule has 1 atom stereocenters. The van der Waals surface area contributed by atoms with E-state index in [0.29, 0.717) is 18.7 Å². The zero-order valence-electron chi connectivity index (χ0n) is 14.4. The summed E-state index contributed by atoms with van der Waals surface area (Å²) < 4.78 is 19.7. The van der Waals surface area contributed by atoms with Gasteiger partial charge >= 0.3 is 0 Å². The molecule has 2 aliphatic rings. The number of carbonyl (C=O) groups excluding carboxylic acids is 1. The summed E-state index contributed by atoms with van der Waals surface area (Å²) in [6.45, 7) is 1.30. The van der Waals surface area contributed by atoms with E-state index in [9.17, 15) is 9.18 Å². The molecule has 1 N–H and O–H groups in total. The largest absolute Gasteiger partial charge is 0.373 e. The van der Waals surface area contributed by atoms with Crippen molar-refractivity contribution in [1.29, 1.82) is 0 Å². The van der Waals surface area contributed by atoms with Gasteiger partial charge in [0.05, 0.1) is 24.8 Å². The van der Waals surface area contributed by atoms with Gasteiger partial charge in [-0.3, -0.25) is 9.69 Å². The first-order valence-electron chi connectivity index (χ1n) is 8.92. The predicted molar refractivity (Wildman–Crippen MR) is 91.0 cm³/mol. The van der Waals surface area contributed by atoms with Gasteiger partial charge in [-0.25, -0.2) is 4.39 Å². The molecule has 1 aliphatic heterocycles. The van der Waals surface area contributed by atoms with Crippen LogP contribution in [0.3, 0.4) is 0 Å². The number of rotatable bonds is 5. The van der Waals surface area contributed by atoms with Crippen LogP contribution in [0.2, 0.25) is 0 Å². The first-order chi connectivity index (χ1) is 11.6. The highest BCUT2D eigenvalue weighted by Gasteiger charge is 2.41. The Hall–Kier alpha value is -1.46. The molecule has 1 saturated carbocycles. The lowest BCUT2D eigenvalue weighted by Gasteiger charge is -2.32. The third-order valence-electron chi connectivity index (χ3n) is 5.15. The number of amides is 1. The van der Waals surface area contributed by atoms with Gasteiger partial charge in [0.1, 0.15) is 5.82 Å². The number of hydrogen-bond donors (Lipinski definition) is 1. The van der Waals surface area contributed by atoms with Crippen molar-refractivity contribution >= 4 is 5.91 Å². The van der Waals surface area contributed by atoms with Crippen molar-refractivity contribution in [2.75, 3.05) is 20.2 Å². The number of benzene rings is 1. The number of nitrogens with one attached hydrogen (secondary N) is 1. The fourth-order valence-corrected chi connectivity index (χ4v) is 3.97. The Morgan fingerprint density at radius 3 is 2.83 bits per heavy atom. The van der Waals surface area contributed by atoms with Gasteiger partial charge in [-0.2, -0.15) is 0 Å². The molecule has 5 heteroatoms. The monoisotopic (exact) mass is 334 g/mol. The van der Waals surface area contributed by atoms with E-state index in [0.717, 1.165) is 19.3 Å². The van der Waals surface area contributed by atoms with Crippen LogP contribution >= 0.6 is 0 Å². The van der Waals surface area contributed by atoms with E-state index in [4.69, 9.17) is 4.74 Å². The lowest BCUT2D eigenvalue weighted by molar-refractivity contribution is -0.122. The van der Waals surface area contributed by atoms with Crippen LogP contribution in [0.4, 0.5) is 4.39 Å². The molecule has 1 amide bonds. The third kappa shape index (κ3) is 4.33. The van der Waals surface area contributed by atoms with Crippen LogP contribution in [-0.2, 0) is 16.1 Å². The number of nitrogens with zero attached hydrogens (tertiary/aromatic N) is 1. The standard InChI is InChI=1S/C19H27FN2O2/c1-22(12-15-7-3-4-8-17(15)20)13-18(23)21-16-11-19(24-14-16)9-5-2-6-10-19/h3-4,7-8,16H,2,5-6,9-14H2,1H3,(H,21,23). The van der Waals surface area contributed by atoms with Crippen molar-refractivity contribution in [3.05, 3.63) is 35.6 Å². The molecule has 3 rings (SSSR count). The van der Waals surface area contributed by atoms with E-state index >= 15 is 0 Å². The van der Waals surface area contributed by atoms with Gasteiger partial charge in [0.2, 0.25) is 5.91 Å². The number of halogens is 1. The second kappa shape index (κ2) is 7.62. The van der Waals surface area contributed by atoms with Gasteiger partial charge in [-0.05, 0) is 32.4 Å². The number of ether oxygens (including phenoxy) is 1. The van der Waals surface area contributed by atoms with Crippen molar-refractivity contribution in [3.8, 4) is 0 Å². The molecular weight excluding hydrogens is 307 g/mol. The molecule has 1 aromatic carbocycles. The summed E-state index contributed by atoms with van der Waals surface area (Å²) >= 11 is 0. The van der Waals surface area contributed by atoms with Gasteiger partial charge in [-0.1, -0.05) is 37.5 Å². The molecule has 2 fully saturated rings. The summed E-state index contributed by atoms with van der Waals surface area (Å²) in [7, 11) is 1.83. The normalized spacial score (nSPS) is 22.9. The average molecular weight is 334 g/mol. The molecule has 132 valence electrons. The highest BCUT2D eigenvalue weighted by molar-refractivity contribution is 5.78. The summed E-state index contributed by atoms with van der Waals surface area (Å²) in [5.74, 6) is -0.247. The third-order valence-corrected chi connectivity index (χ3v) is 5.15. The SMILES string of the molecule is CN(CC(=O)NC1COC2(CCCCC2)C1)Cc1ccccc1F. The molecule has 1 heterocycles. The molecule has 4 nitrogen and oxygen atoms in total. The summed E-state index contributed by atoms with van der Waals surface area (Å²) in [6.07, 6.45) is 6.91.